The molecule has 0 unspecified atom stereocenters. The average Bonchev–Trinajstić information content (AvgIpc) is 2.16. The number of rotatable bonds is 2. The van der Waals surface area contributed by atoms with Gasteiger partial charge in [0.25, 0.3) is 5.91 Å². The summed E-state index contributed by atoms with van der Waals surface area (Å²) in [5.74, 6) is -0.148. The second-order valence-corrected chi connectivity index (χ2v) is 6.71. The van der Waals surface area contributed by atoms with Crippen LogP contribution in [0.1, 0.15) is 22.3 Å². The highest BCUT2D eigenvalue weighted by Crippen LogP contribution is 2.26. The van der Waals surface area contributed by atoms with E-state index in [9.17, 15) is 13.2 Å². The molecule has 0 bridgehead atoms. The molecule has 5 nitrogen and oxygen atoms in total. The zero-order valence-corrected chi connectivity index (χ0v) is 12.2. The Kier molecular flexibility index (Phi) is 3.48. The monoisotopic (exact) mass is 332 g/mol. The first-order chi connectivity index (χ1) is 8.30. The van der Waals surface area contributed by atoms with Gasteiger partial charge in [-0.05, 0) is 31.0 Å². The van der Waals surface area contributed by atoms with E-state index in [0.717, 1.165) is 19.5 Å². The highest BCUT2D eigenvalue weighted by molar-refractivity contribution is 9.10. The van der Waals surface area contributed by atoms with Crippen LogP contribution in [0.5, 0.6) is 0 Å². The zero-order chi connectivity index (χ0) is 13.5. The van der Waals surface area contributed by atoms with E-state index >= 15 is 0 Å². The molecule has 2 rings (SSSR count). The van der Waals surface area contributed by atoms with Gasteiger partial charge in [0.2, 0.25) is 10.0 Å². The van der Waals surface area contributed by atoms with Gasteiger partial charge in [-0.3, -0.25) is 4.79 Å². The number of nitrogens with two attached hydrogens (primary N) is 1. The van der Waals surface area contributed by atoms with Crippen molar-refractivity contribution >= 4 is 31.9 Å². The molecule has 0 spiro atoms. The Bertz CT molecular complexity index is 609. The molecule has 1 aromatic carbocycles. The Morgan fingerprint density at radius 2 is 2.00 bits per heavy atom. The van der Waals surface area contributed by atoms with E-state index in [0.29, 0.717) is 15.6 Å². The van der Waals surface area contributed by atoms with Gasteiger partial charge in [0, 0.05) is 23.1 Å². The molecular weight excluding hydrogens is 320 g/mol. The Labute approximate surface area is 114 Å². The van der Waals surface area contributed by atoms with Crippen LogP contribution in [0.2, 0.25) is 0 Å². The smallest absolute Gasteiger partial charge is 0.254 e. The molecule has 1 amide bonds. The van der Waals surface area contributed by atoms with Crippen molar-refractivity contribution in [3.63, 3.8) is 0 Å². The second-order valence-electron chi connectivity index (χ2n) is 4.27. The van der Waals surface area contributed by atoms with E-state index in [-0.39, 0.29) is 10.8 Å². The third-order valence-electron chi connectivity index (χ3n) is 3.01. The van der Waals surface area contributed by atoms with Crippen LogP contribution >= 0.6 is 15.9 Å². The number of carbonyl (C=O) groups is 1. The SMILES string of the molecule is Cc1c(C(=O)N2CCC2)cc(Br)cc1S(N)(=O)=O. The predicted octanol–water partition coefficient (Wildman–Crippen LogP) is 1.25. The number of primary sulfonamides is 1. The van der Waals surface area contributed by atoms with Gasteiger partial charge >= 0.3 is 0 Å². The molecule has 0 aliphatic carbocycles. The van der Waals surface area contributed by atoms with E-state index < -0.39 is 10.0 Å². The molecule has 1 aliphatic heterocycles. The average molecular weight is 333 g/mol. The van der Waals surface area contributed by atoms with Crippen LogP contribution < -0.4 is 5.14 Å². The molecule has 2 N–H and O–H groups in total. The number of hydrogen-bond donors (Lipinski definition) is 1. The Morgan fingerprint density at radius 1 is 1.39 bits per heavy atom. The lowest BCUT2D eigenvalue weighted by Gasteiger charge is -2.31. The van der Waals surface area contributed by atoms with Gasteiger partial charge in [-0.15, -0.1) is 0 Å². The summed E-state index contributed by atoms with van der Waals surface area (Å²) in [7, 11) is -3.83. The fourth-order valence-electron chi connectivity index (χ4n) is 1.86. The summed E-state index contributed by atoms with van der Waals surface area (Å²) < 4.78 is 23.5. The summed E-state index contributed by atoms with van der Waals surface area (Å²) in [5.41, 5.74) is 0.783. The van der Waals surface area contributed by atoms with Crippen LogP contribution in [-0.2, 0) is 10.0 Å². The normalized spacial score (nSPS) is 15.4. The minimum absolute atomic E-state index is 0.0132. The van der Waals surface area contributed by atoms with Crippen molar-refractivity contribution in [3.8, 4) is 0 Å². The molecule has 1 aromatic rings. The molecule has 1 saturated heterocycles. The number of likely N-dealkylation sites (tertiary alicyclic amines) is 1. The highest BCUT2D eigenvalue weighted by atomic mass is 79.9. The summed E-state index contributed by atoms with van der Waals surface area (Å²) in [6.07, 6.45) is 0.987. The van der Waals surface area contributed by atoms with Crippen LogP contribution in [0.3, 0.4) is 0 Å². The van der Waals surface area contributed by atoms with Gasteiger partial charge in [0.1, 0.15) is 0 Å². The van der Waals surface area contributed by atoms with E-state index in [2.05, 4.69) is 15.9 Å². The molecule has 0 aromatic heterocycles. The first kappa shape index (κ1) is 13.5. The summed E-state index contributed by atoms with van der Waals surface area (Å²) in [6.45, 7) is 3.03. The lowest BCUT2D eigenvalue weighted by atomic mass is 10.1. The Morgan fingerprint density at radius 3 is 2.44 bits per heavy atom. The Balaban J connectivity index is 2.54. The van der Waals surface area contributed by atoms with Gasteiger partial charge in [-0.1, -0.05) is 15.9 Å². The topological polar surface area (TPSA) is 80.5 Å². The number of benzene rings is 1. The number of halogens is 1. The molecule has 1 aliphatic rings. The number of nitrogens with zero attached hydrogens (tertiary/aromatic N) is 1. The summed E-state index contributed by atoms with van der Waals surface area (Å²) in [4.78, 5) is 13.8. The third kappa shape index (κ3) is 2.43. The van der Waals surface area contributed by atoms with Crippen molar-refractivity contribution in [2.45, 2.75) is 18.2 Å². The van der Waals surface area contributed by atoms with Crippen LogP contribution in [-0.4, -0.2) is 32.3 Å². The highest BCUT2D eigenvalue weighted by Gasteiger charge is 2.26. The van der Waals surface area contributed by atoms with Crippen molar-refractivity contribution in [1.29, 1.82) is 0 Å². The zero-order valence-electron chi connectivity index (χ0n) is 9.81. The lowest BCUT2D eigenvalue weighted by Crippen LogP contribution is -2.42. The fourth-order valence-corrected chi connectivity index (χ4v) is 3.30. The summed E-state index contributed by atoms with van der Waals surface area (Å²) in [6, 6.07) is 3.04. The standard InChI is InChI=1S/C11H13BrN2O3S/c1-7-9(11(15)14-3-2-4-14)5-8(12)6-10(7)18(13,16)17/h5-6H,2-4H2,1H3,(H2,13,16,17). The first-order valence-electron chi connectivity index (χ1n) is 5.43. The molecule has 18 heavy (non-hydrogen) atoms. The van der Waals surface area contributed by atoms with Crippen molar-refractivity contribution < 1.29 is 13.2 Å². The fraction of sp³-hybridized carbons (Fsp3) is 0.364. The van der Waals surface area contributed by atoms with Crippen LogP contribution in [0.25, 0.3) is 0 Å². The first-order valence-corrected chi connectivity index (χ1v) is 7.77. The van der Waals surface area contributed by atoms with Crippen molar-refractivity contribution in [3.05, 3.63) is 27.7 Å². The van der Waals surface area contributed by atoms with E-state index in [4.69, 9.17) is 5.14 Å². The van der Waals surface area contributed by atoms with Crippen molar-refractivity contribution in [1.82, 2.24) is 4.90 Å². The van der Waals surface area contributed by atoms with Crippen LogP contribution in [0.15, 0.2) is 21.5 Å². The maximum Gasteiger partial charge on any atom is 0.254 e. The Hall–Kier alpha value is -0.920. The minimum atomic E-state index is -3.83. The van der Waals surface area contributed by atoms with E-state index in [1.807, 2.05) is 0 Å². The van der Waals surface area contributed by atoms with Gasteiger partial charge in [0.15, 0.2) is 0 Å². The molecule has 1 fully saturated rings. The van der Waals surface area contributed by atoms with Gasteiger partial charge in [-0.25, -0.2) is 13.6 Å². The number of hydrogen-bond acceptors (Lipinski definition) is 3. The second kappa shape index (κ2) is 4.64. The van der Waals surface area contributed by atoms with Crippen LogP contribution in [0.4, 0.5) is 0 Å². The van der Waals surface area contributed by atoms with Gasteiger partial charge in [0.05, 0.1) is 4.90 Å². The molecule has 0 saturated carbocycles. The van der Waals surface area contributed by atoms with Gasteiger partial charge < -0.3 is 4.90 Å². The largest absolute Gasteiger partial charge is 0.339 e. The van der Waals surface area contributed by atoms with Crippen molar-refractivity contribution in [2.24, 2.45) is 5.14 Å². The molecular formula is C11H13BrN2O3S. The third-order valence-corrected chi connectivity index (χ3v) is 4.50. The van der Waals surface area contributed by atoms with E-state index in [1.165, 1.54) is 6.07 Å². The van der Waals surface area contributed by atoms with Crippen LogP contribution in [0, 0.1) is 6.92 Å². The number of carbonyl (C=O) groups excluding carboxylic acids is 1. The number of sulfonamides is 1. The van der Waals surface area contributed by atoms with Gasteiger partial charge in [-0.2, -0.15) is 0 Å². The molecule has 0 radical (unpaired) electrons. The van der Waals surface area contributed by atoms with E-state index in [1.54, 1.807) is 17.9 Å². The maximum absolute atomic E-state index is 12.1. The lowest BCUT2D eigenvalue weighted by molar-refractivity contribution is 0.0650. The minimum Gasteiger partial charge on any atom is -0.339 e. The summed E-state index contributed by atoms with van der Waals surface area (Å²) in [5, 5.41) is 5.14. The molecule has 98 valence electrons. The number of amides is 1. The molecule has 0 atom stereocenters. The quantitative estimate of drug-likeness (QED) is 0.884. The maximum atomic E-state index is 12.1. The summed E-state index contributed by atoms with van der Waals surface area (Å²) >= 11 is 3.21. The molecule has 1 heterocycles. The predicted molar refractivity (Wildman–Crippen MR) is 70.8 cm³/mol. The molecule has 7 heteroatoms. The van der Waals surface area contributed by atoms with Crippen molar-refractivity contribution in [2.75, 3.05) is 13.1 Å².